The Morgan fingerprint density at radius 2 is 2.19 bits per heavy atom. The third-order valence-corrected chi connectivity index (χ3v) is 2.57. The van der Waals surface area contributed by atoms with Crippen LogP contribution in [0.1, 0.15) is 24.2 Å². The topological polar surface area (TPSA) is 43.8 Å². The summed E-state index contributed by atoms with van der Waals surface area (Å²) in [5.74, 6) is -0.221. The average Bonchev–Trinajstić information content (AvgIpc) is 2.71. The van der Waals surface area contributed by atoms with E-state index < -0.39 is 0 Å². The predicted molar refractivity (Wildman–Crippen MR) is 60.9 cm³/mol. The van der Waals surface area contributed by atoms with Crippen LogP contribution in [-0.2, 0) is 0 Å². The van der Waals surface area contributed by atoms with Gasteiger partial charge in [-0.15, -0.1) is 0 Å². The monoisotopic (exact) mass is 219 g/mol. The molecule has 1 aromatic heterocycles. The van der Waals surface area contributed by atoms with Crippen LogP contribution in [0, 0.1) is 12.7 Å². The molecular formula is C12H14FN3. The summed E-state index contributed by atoms with van der Waals surface area (Å²) in [4.78, 5) is 4.03. The summed E-state index contributed by atoms with van der Waals surface area (Å²) in [5.41, 5.74) is 8.05. The molecule has 4 heteroatoms. The molecule has 1 heterocycles. The molecule has 0 saturated heterocycles. The standard InChI is InChI=1S/C12H14FN3/c1-8-3-4-10(5-11(8)13)16-7-15-6-12(16)9(2)14/h3-7,9H,14H2,1-2H3. The Kier molecular flexibility index (Phi) is 2.75. The van der Waals surface area contributed by atoms with Gasteiger partial charge >= 0.3 is 0 Å². The second kappa shape index (κ2) is 4.06. The Hall–Kier alpha value is -1.68. The third-order valence-electron chi connectivity index (χ3n) is 2.57. The lowest BCUT2D eigenvalue weighted by Crippen LogP contribution is -2.10. The molecule has 0 fully saturated rings. The van der Waals surface area contributed by atoms with Crippen LogP contribution in [-0.4, -0.2) is 9.55 Å². The largest absolute Gasteiger partial charge is 0.323 e. The van der Waals surface area contributed by atoms with Crippen molar-refractivity contribution in [2.45, 2.75) is 19.9 Å². The van der Waals surface area contributed by atoms with E-state index in [2.05, 4.69) is 4.98 Å². The quantitative estimate of drug-likeness (QED) is 0.842. The van der Waals surface area contributed by atoms with Crippen LogP contribution >= 0.6 is 0 Å². The van der Waals surface area contributed by atoms with Crippen molar-refractivity contribution in [1.29, 1.82) is 0 Å². The molecule has 16 heavy (non-hydrogen) atoms. The highest BCUT2D eigenvalue weighted by Gasteiger charge is 2.09. The lowest BCUT2D eigenvalue weighted by Gasteiger charge is -2.11. The van der Waals surface area contributed by atoms with Crippen molar-refractivity contribution in [3.8, 4) is 5.69 Å². The van der Waals surface area contributed by atoms with E-state index in [9.17, 15) is 4.39 Å². The summed E-state index contributed by atoms with van der Waals surface area (Å²) in [6.07, 6.45) is 3.34. The van der Waals surface area contributed by atoms with Crippen LogP contribution in [0.2, 0.25) is 0 Å². The molecule has 0 aliphatic carbocycles. The van der Waals surface area contributed by atoms with Gasteiger partial charge in [-0.25, -0.2) is 9.37 Å². The number of benzene rings is 1. The van der Waals surface area contributed by atoms with Crippen LogP contribution in [0.5, 0.6) is 0 Å². The zero-order valence-corrected chi connectivity index (χ0v) is 9.31. The summed E-state index contributed by atoms with van der Waals surface area (Å²) < 4.78 is 15.2. The number of nitrogens with zero attached hydrogens (tertiary/aromatic N) is 2. The number of nitrogens with two attached hydrogens (primary N) is 1. The fourth-order valence-corrected chi connectivity index (χ4v) is 1.59. The highest BCUT2D eigenvalue weighted by atomic mass is 19.1. The van der Waals surface area contributed by atoms with Gasteiger partial charge in [0.05, 0.1) is 18.2 Å². The first-order chi connectivity index (χ1) is 7.59. The normalized spacial score (nSPS) is 12.8. The number of halogens is 1. The number of aromatic nitrogens is 2. The molecule has 0 radical (unpaired) electrons. The van der Waals surface area contributed by atoms with Crippen molar-refractivity contribution in [3.05, 3.63) is 47.8 Å². The minimum Gasteiger partial charge on any atom is -0.323 e. The molecule has 84 valence electrons. The van der Waals surface area contributed by atoms with Gasteiger partial charge in [0.1, 0.15) is 5.82 Å². The molecule has 0 amide bonds. The van der Waals surface area contributed by atoms with E-state index in [1.54, 1.807) is 30.1 Å². The van der Waals surface area contributed by atoms with Gasteiger partial charge in [0, 0.05) is 11.7 Å². The van der Waals surface area contributed by atoms with Crippen molar-refractivity contribution in [1.82, 2.24) is 9.55 Å². The Morgan fingerprint density at radius 3 is 2.81 bits per heavy atom. The van der Waals surface area contributed by atoms with Gasteiger partial charge in [-0.2, -0.15) is 0 Å². The van der Waals surface area contributed by atoms with Gasteiger partial charge in [0.25, 0.3) is 0 Å². The summed E-state index contributed by atoms with van der Waals surface area (Å²) in [5, 5.41) is 0. The number of imidazole rings is 1. The van der Waals surface area contributed by atoms with Gasteiger partial charge in [0.15, 0.2) is 0 Å². The summed E-state index contributed by atoms with van der Waals surface area (Å²) in [6, 6.07) is 4.96. The number of aryl methyl sites for hydroxylation is 1. The first kappa shape index (κ1) is 10.8. The van der Waals surface area contributed by atoms with E-state index >= 15 is 0 Å². The van der Waals surface area contributed by atoms with Crippen molar-refractivity contribution in [2.75, 3.05) is 0 Å². The van der Waals surface area contributed by atoms with Crippen LogP contribution in [0.15, 0.2) is 30.7 Å². The van der Waals surface area contributed by atoms with E-state index in [1.807, 2.05) is 13.0 Å². The highest BCUT2D eigenvalue weighted by molar-refractivity contribution is 5.37. The molecule has 0 saturated carbocycles. The fraction of sp³-hybridized carbons (Fsp3) is 0.250. The van der Waals surface area contributed by atoms with E-state index in [0.29, 0.717) is 5.56 Å². The van der Waals surface area contributed by atoms with Gasteiger partial charge in [-0.05, 0) is 31.5 Å². The Morgan fingerprint density at radius 1 is 1.44 bits per heavy atom. The van der Waals surface area contributed by atoms with Crippen molar-refractivity contribution in [3.63, 3.8) is 0 Å². The molecule has 0 spiro atoms. The molecule has 2 rings (SSSR count). The minimum absolute atomic E-state index is 0.133. The van der Waals surface area contributed by atoms with Crippen LogP contribution in [0.25, 0.3) is 5.69 Å². The molecule has 2 N–H and O–H groups in total. The van der Waals surface area contributed by atoms with Crippen molar-refractivity contribution in [2.24, 2.45) is 5.73 Å². The van der Waals surface area contributed by atoms with E-state index in [0.717, 1.165) is 11.4 Å². The van der Waals surface area contributed by atoms with E-state index in [-0.39, 0.29) is 11.9 Å². The smallest absolute Gasteiger partial charge is 0.128 e. The predicted octanol–water partition coefficient (Wildman–Crippen LogP) is 2.34. The highest BCUT2D eigenvalue weighted by Crippen LogP contribution is 2.18. The Bertz CT molecular complexity index is 503. The Balaban J connectivity index is 2.50. The van der Waals surface area contributed by atoms with Crippen LogP contribution in [0.4, 0.5) is 4.39 Å². The average molecular weight is 219 g/mol. The third kappa shape index (κ3) is 1.84. The lowest BCUT2D eigenvalue weighted by atomic mass is 10.2. The zero-order valence-electron chi connectivity index (χ0n) is 9.31. The summed E-state index contributed by atoms with van der Waals surface area (Å²) in [7, 11) is 0. The maximum absolute atomic E-state index is 13.4. The number of hydrogen-bond acceptors (Lipinski definition) is 2. The van der Waals surface area contributed by atoms with Gasteiger partial charge in [-0.1, -0.05) is 6.07 Å². The van der Waals surface area contributed by atoms with Gasteiger partial charge < -0.3 is 10.3 Å². The maximum atomic E-state index is 13.4. The summed E-state index contributed by atoms with van der Waals surface area (Å²) >= 11 is 0. The van der Waals surface area contributed by atoms with Crippen molar-refractivity contribution < 1.29 is 4.39 Å². The lowest BCUT2D eigenvalue weighted by molar-refractivity contribution is 0.616. The van der Waals surface area contributed by atoms with Crippen molar-refractivity contribution >= 4 is 0 Å². The Labute approximate surface area is 93.7 Å². The molecule has 1 atom stereocenters. The van der Waals surface area contributed by atoms with E-state index in [4.69, 9.17) is 5.73 Å². The van der Waals surface area contributed by atoms with Crippen LogP contribution < -0.4 is 5.73 Å². The molecule has 0 aliphatic heterocycles. The maximum Gasteiger partial charge on any atom is 0.128 e. The molecule has 1 unspecified atom stereocenters. The molecule has 0 aliphatic rings. The fourth-order valence-electron chi connectivity index (χ4n) is 1.59. The van der Waals surface area contributed by atoms with Gasteiger partial charge in [0.2, 0.25) is 0 Å². The molecular weight excluding hydrogens is 205 g/mol. The number of hydrogen-bond donors (Lipinski definition) is 1. The first-order valence-corrected chi connectivity index (χ1v) is 5.14. The molecule has 0 bridgehead atoms. The number of rotatable bonds is 2. The second-order valence-electron chi connectivity index (χ2n) is 3.91. The second-order valence-corrected chi connectivity index (χ2v) is 3.91. The molecule has 2 aromatic rings. The van der Waals surface area contributed by atoms with Gasteiger partial charge in [-0.3, -0.25) is 0 Å². The zero-order chi connectivity index (χ0) is 11.7. The van der Waals surface area contributed by atoms with Crippen LogP contribution in [0.3, 0.4) is 0 Å². The molecule has 1 aromatic carbocycles. The minimum atomic E-state index is -0.221. The first-order valence-electron chi connectivity index (χ1n) is 5.14. The van der Waals surface area contributed by atoms with E-state index in [1.165, 1.54) is 6.07 Å². The summed E-state index contributed by atoms with van der Waals surface area (Å²) in [6.45, 7) is 3.61. The SMILES string of the molecule is Cc1ccc(-n2cncc2C(C)N)cc1F. The molecule has 3 nitrogen and oxygen atoms in total.